The molecule has 114 valence electrons. The second-order valence-electron chi connectivity index (χ2n) is 4.35. The molecule has 0 radical (unpaired) electrons. The van der Waals surface area contributed by atoms with E-state index in [-0.39, 0.29) is 5.56 Å². The van der Waals surface area contributed by atoms with Crippen molar-refractivity contribution in [3.05, 3.63) is 55.9 Å². The highest BCUT2D eigenvalue weighted by Gasteiger charge is 2.36. The topological polar surface area (TPSA) is 12.0 Å². The molecular weight excluding hydrogens is 370 g/mol. The molecule has 0 aliphatic carbocycles. The van der Waals surface area contributed by atoms with Crippen molar-refractivity contribution in [2.24, 2.45) is 0 Å². The summed E-state index contributed by atoms with van der Waals surface area (Å²) >= 11 is 4.64. The van der Waals surface area contributed by atoms with Crippen molar-refractivity contribution in [2.45, 2.75) is 19.1 Å². The van der Waals surface area contributed by atoms with Gasteiger partial charge in [0.1, 0.15) is 5.82 Å². The van der Waals surface area contributed by atoms with E-state index in [1.54, 1.807) is 18.4 Å². The lowest BCUT2D eigenvalue weighted by molar-refractivity contribution is -0.138. The van der Waals surface area contributed by atoms with Crippen molar-refractivity contribution in [3.63, 3.8) is 0 Å². The normalized spacial score (nSPS) is 13.4. The van der Waals surface area contributed by atoms with Crippen LogP contribution in [0.15, 0.2) is 34.1 Å². The van der Waals surface area contributed by atoms with Gasteiger partial charge in [0, 0.05) is 9.35 Å². The monoisotopic (exact) mass is 381 g/mol. The van der Waals surface area contributed by atoms with Gasteiger partial charge in [-0.3, -0.25) is 0 Å². The summed E-state index contributed by atoms with van der Waals surface area (Å²) in [6.07, 6.45) is -4.53. The van der Waals surface area contributed by atoms with Gasteiger partial charge >= 0.3 is 6.18 Å². The minimum atomic E-state index is -4.53. The minimum absolute atomic E-state index is 0.104. The zero-order valence-corrected chi connectivity index (χ0v) is 13.4. The number of hydrogen-bond acceptors (Lipinski definition) is 2. The van der Waals surface area contributed by atoms with Gasteiger partial charge in [0.15, 0.2) is 0 Å². The number of hydrogen-bond donors (Lipinski definition) is 1. The van der Waals surface area contributed by atoms with Crippen LogP contribution in [-0.4, -0.2) is 6.54 Å². The summed E-state index contributed by atoms with van der Waals surface area (Å²) < 4.78 is 53.7. The third-order valence-electron chi connectivity index (χ3n) is 2.95. The number of nitrogens with one attached hydrogen (secondary N) is 1. The first kappa shape index (κ1) is 16.5. The molecule has 0 aliphatic heterocycles. The van der Waals surface area contributed by atoms with Crippen LogP contribution in [0.3, 0.4) is 0 Å². The Kier molecular flexibility index (Phi) is 5.06. The van der Waals surface area contributed by atoms with Gasteiger partial charge in [-0.25, -0.2) is 4.39 Å². The van der Waals surface area contributed by atoms with Crippen LogP contribution in [0.2, 0.25) is 0 Å². The molecule has 1 N–H and O–H groups in total. The van der Waals surface area contributed by atoms with E-state index < -0.39 is 23.6 Å². The Morgan fingerprint density at radius 3 is 2.52 bits per heavy atom. The van der Waals surface area contributed by atoms with Gasteiger partial charge in [-0.2, -0.15) is 13.2 Å². The van der Waals surface area contributed by atoms with Gasteiger partial charge in [-0.05, 0) is 57.7 Å². The quantitative estimate of drug-likeness (QED) is 0.702. The van der Waals surface area contributed by atoms with Crippen LogP contribution in [0, 0.1) is 5.82 Å². The fourth-order valence-corrected chi connectivity index (χ4v) is 3.78. The van der Waals surface area contributed by atoms with Gasteiger partial charge in [-0.1, -0.05) is 6.92 Å². The predicted molar refractivity (Wildman–Crippen MR) is 78.9 cm³/mol. The molecule has 0 aliphatic rings. The van der Waals surface area contributed by atoms with E-state index >= 15 is 0 Å². The predicted octanol–water partition coefficient (Wildman–Crippen LogP) is 5.37. The SMILES string of the molecule is CCNC(c1cc(F)ccc1C(F)(F)F)c1sccc1Br. The lowest BCUT2D eigenvalue weighted by Gasteiger charge is -2.22. The van der Waals surface area contributed by atoms with E-state index in [1.807, 2.05) is 0 Å². The third kappa shape index (κ3) is 3.64. The first-order valence-electron chi connectivity index (χ1n) is 6.17. The average molecular weight is 382 g/mol. The second kappa shape index (κ2) is 6.46. The van der Waals surface area contributed by atoms with E-state index in [4.69, 9.17) is 0 Å². The highest BCUT2D eigenvalue weighted by molar-refractivity contribution is 9.10. The summed E-state index contributed by atoms with van der Waals surface area (Å²) in [5.74, 6) is -0.686. The standard InChI is InChI=1S/C14H12BrF4NS/c1-2-20-12(13-11(15)5-6-21-13)9-7-8(16)3-4-10(9)14(17,18)19/h3-7,12,20H,2H2,1H3. The molecule has 1 unspecified atom stereocenters. The van der Waals surface area contributed by atoms with E-state index in [0.717, 1.165) is 18.2 Å². The molecule has 1 aromatic heterocycles. The van der Waals surface area contributed by atoms with E-state index in [0.29, 0.717) is 15.9 Å². The molecule has 2 aromatic rings. The highest BCUT2D eigenvalue weighted by Crippen LogP contribution is 2.40. The molecule has 0 bridgehead atoms. The zero-order chi connectivity index (χ0) is 15.6. The molecule has 0 saturated heterocycles. The second-order valence-corrected chi connectivity index (χ2v) is 6.15. The molecule has 0 saturated carbocycles. The van der Waals surface area contributed by atoms with Crippen LogP contribution in [0.1, 0.15) is 29.0 Å². The van der Waals surface area contributed by atoms with Crippen LogP contribution >= 0.6 is 27.3 Å². The van der Waals surface area contributed by atoms with E-state index in [1.165, 1.54) is 11.3 Å². The molecular formula is C14H12BrF4NS. The Morgan fingerprint density at radius 1 is 1.29 bits per heavy atom. The van der Waals surface area contributed by atoms with Crippen molar-refractivity contribution < 1.29 is 17.6 Å². The number of thiophene rings is 1. The Morgan fingerprint density at radius 2 is 2.00 bits per heavy atom. The first-order valence-corrected chi connectivity index (χ1v) is 7.84. The van der Waals surface area contributed by atoms with Gasteiger partial charge in [0.2, 0.25) is 0 Å². The lowest BCUT2D eigenvalue weighted by Crippen LogP contribution is -2.24. The summed E-state index contributed by atoms with van der Waals surface area (Å²) in [4.78, 5) is 0.688. The number of benzene rings is 1. The van der Waals surface area contributed by atoms with Crippen LogP contribution in [0.5, 0.6) is 0 Å². The van der Waals surface area contributed by atoms with Crippen LogP contribution in [0.4, 0.5) is 17.6 Å². The summed E-state index contributed by atoms with van der Waals surface area (Å²) in [5.41, 5.74) is -0.928. The van der Waals surface area contributed by atoms with Crippen molar-refractivity contribution in [3.8, 4) is 0 Å². The van der Waals surface area contributed by atoms with Crippen LogP contribution in [-0.2, 0) is 6.18 Å². The van der Waals surface area contributed by atoms with Crippen molar-refractivity contribution >= 4 is 27.3 Å². The number of rotatable bonds is 4. The molecule has 7 heteroatoms. The van der Waals surface area contributed by atoms with Crippen LogP contribution in [0.25, 0.3) is 0 Å². The molecule has 1 aromatic carbocycles. The fraction of sp³-hybridized carbons (Fsp3) is 0.286. The van der Waals surface area contributed by atoms with E-state index in [2.05, 4.69) is 21.2 Å². The lowest BCUT2D eigenvalue weighted by atomic mass is 9.98. The fourth-order valence-electron chi connectivity index (χ4n) is 2.09. The Balaban J connectivity index is 2.60. The Hall–Kier alpha value is -0.920. The maximum Gasteiger partial charge on any atom is 0.416 e. The maximum atomic E-state index is 13.5. The summed E-state index contributed by atoms with van der Waals surface area (Å²) in [6.45, 7) is 2.25. The third-order valence-corrected chi connectivity index (χ3v) is 4.88. The Bertz CT molecular complexity index is 624. The minimum Gasteiger partial charge on any atom is -0.306 e. The van der Waals surface area contributed by atoms with Gasteiger partial charge < -0.3 is 5.32 Å². The molecule has 21 heavy (non-hydrogen) atoms. The van der Waals surface area contributed by atoms with Crippen molar-refractivity contribution in [1.29, 1.82) is 0 Å². The van der Waals surface area contributed by atoms with Crippen molar-refractivity contribution in [1.82, 2.24) is 5.32 Å². The highest BCUT2D eigenvalue weighted by atomic mass is 79.9. The zero-order valence-electron chi connectivity index (χ0n) is 11.0. The molecule has 1 heterocycles. The molecule has 0 amide bonds. The molecule has 1 atom stereocenters. The summed E-state index contributed by atoms with van der Waals surface area (Å²) in [5, 5.41) is 4.77. The molecule has 1 nitrogen and oxygen atoms in total. The van der Waals surface area contributed by atoms with Crippen LogP contribution < -0.4 is 5.32 Å². The summed E-state index contributed by atoms with van der Waals surface area (Å²) in [7, 11) is 0. The van der Waals surface area contributed by atoms with Gasteiger partial charge in [-0.15, -0.1) is 11.3 Å². The van der Waals surface area contributed by atoms with E-state index in [9.17, 15) is 17.6 Å². The average Bonchev–Trinajstić information content (AvgIpc) is 2.80. The largest absolute Gasteiger partial charge is 0.416 e. The van der Waals surface area contributed by atoms with Gasteiger partial charge in [0.25, 0.3) is 0 Å². The molecule has 2 rings (SSSR count). The maximum absolute atomic E-state index is 13.5. The van der Waals surface area contributed by atoms with Crippen molar-refractivity contribution in [2.75, 3.05) is 6.54 Å². The Labute approximate surface area is 132 Å². The molecule has 0 spiro atoms. The smallest absolute Gasteiger partial charge is 0.306 e. The first-order chi connectivity index (χ1) is 9.84. The van der Waals surface area contributed by atoms with Gasteiger partial charge in [0.05, 0.1) is 11.6 Å². The summed E-state index contributed by atoms with van der Waals surface area (Å²) in [6, 6.07) is 3.62. The number of alkyl halides is 3. The number of halogens is 5. The molecule has 0 fully saturated rings.